The second kappa shape index (κ2) is 5.27. The molecule has 92 valence electrons. The Morgan fingerprint density at radius 2 is 2.41 bits per heavy atom. The van der Waals surface area contributed by atoms with Gasteiger partial charge in [-0.15, -0.1) is 0 Å². The summed E-state index contributed by atoms with van der Waals surface area (Å²) in [6.45, 7) is 3.47. The standard InChI is InChI=1S/C13H19N3O/c1-10-4-5-11(8-15-10)7-13(17)16-6-2-3-12(14)9-16/h4-5,8,12H,2-3,6-7,9,14H2,1H3/t12-/m0/s1. The average molecular weight is 233 g/mol. The molecule has 1 aliphatic rings. The Balaban J connectivity index is 1.94. The molecular formula is C13H19N3O. The van der Waals surface area contributed by atoms with Crippen molar-refractivity contribution in [3.8, 4) is 0 Å². The first kappa shape index (κ1) is 12.0. The number of aromatic nitrogens is 1. The quantitative estimate of drug-likeness (QED) is 0.825. The van der Waals surface area contributed by atoms with Crippen molar-refractivity contribution in [2.24, 2.45) is 5.73 Å². The Morgan fingerprint density at radius 1 is 1.59 bits per heavy atom. The van der Waals surface area contributed by atoms with Crippen LogP contribution >= 0.6 is 0 Å². The summed E-state index contributed by atoms with van der Waals surface area (Å²) >= 11 is 0. The maximum absolute atomic E-state index is 12.0. The van der Waals surface area contributed by atoms with Gasteiger partial charge in [0.15, 0.2) is 0 Å². The SMILES string of the molecule is Cc1ccc(CC(=O)N2CCC[C@H](N)C2)cn1. The first-order chi connectivity index (χ1) is 8.15. The lowest BCUT2D eigenvalue weighted by atomic mass is 10.1. The summed E-state index contributed by atoms with van der Waals surface area (Å²) in [4.78, 5) is 18.1. The van der Waals surface area contributed by atoms with Gasteiger partial charge in [0, 0.05) is 31.0 Å². The van der Waals surface area contributed by atoms with E-state index in [1.54, 1.807) is 6.20 Å². The third kappa shape index (κ3) is 3.27. The van der Waals surface area contributed by atoms with E-state index < -0.39 is 0 Å². The molecule has 0 radical (unpaired) electrons. The van der Waals surface area contributed by atoms with Gasteiger partial charge in [-0.3, -0.25) is 9.78 Å². The van der Waals surface area contributed by atoms with Crippen LogP contribution in [0.25, 0.3) is 0 Å². The first-order valence-corrected chi connectivity index (χ1v) is 6.10. The highest BCUT2D eigenvalue weighted by Gasteiger charge is 2.21. The van der Waals surface area contributed by atoms with Crippen LogP contribution < -0.4 is 5.73 Å². The minimum absolute atomic E-state index is 0.142. The molecule has 4 heteroatoms. The Bertz CT molecular complexity index is 388. The fourth-order valence-corrected chi connectivity index (χ4v) is 2.13. The van der Waals surface area contributed by atoms with E-state index in [0.717, 1.165) is 30.6 Å². The number of carbonyl (C=O) groups is 1. The van der Waals surface area contributed by atoms with E-state index in [1.165, 1.54) is 0 Å². The summed E-state index contributed by atoms with van der Waals surface area (Å²) in [7, 11) is 0. The van der Waals surface area contributed by atoms with Crippen molar-refractivity contribution in [2.75, 3.05) is 13.1 Å². The topological polar surface area (TPSA) is 59.2 Å². The monoisotopic (exact) mass is 233 g/mol. The van der Waals surface area contributed by atoms with Crippen LogP contribution in [0.1, 0.15) is 24.1 Å². The van der Waals surface area contributed by atoms with Gasteiger partial charge < -0.3 is 10.6 Å². The third-order valence-electron chi connectivity index (χ3n) is 3.14. The molecule has 2 rings (SSSR count). The van der Waals surface area contributed by atoms with Gasteiger partial charge in [-0.05, 0) is 31.4 Å². The number of rotatable bonds is 2. The number of aryl methyl sites for hydroxylation is 1. The molecule has 1 atom stereocenters. The summed E-state index contributed by atoms with van der Waals surface area (Å²) < 4.78 is 0. The molecule has 0 aromatic carbocycles. The van der Waals surface area contributed by atoms with Crippen molar-refractivity contribution in [3.05, 3.63) is 29.6 Å². The summed E-state index contributed by atoms with van der Waals surface area (Å²) in [5, 5.41) is 0. The highest BCUT2D eigenvalue weighted by atomic mass is 16.2. The molecule has 1 amide bonds. The average Bonchev–Trinajstić information content (AvgIpc) is 2.32. The van der Waals surface area contributed by atoms with Crippen LogP contribution in [0.15, 0.2) is 18.3 Å². The lowest BCUT2D eigenvalue weighted by molar-refractivity contribution is -0.131. The van der Waals surface area contributed by atoms with Gasteiger partial charge in [-0.1, -0.05) is 6.07 Å². The number of pyridine rings is 1. The zero-order chi connectivity index (χ0) is 12.3. The largest absolute Gasteiger partial charge is 0.341 e. The number of nitrogens with two attached hydrogens (primary N) is 1. The Morgan fingerprint density at radius 3 is 3.06 bits per heavy atom. The number of nitrogens with zero attached hydrogens (tertiary/aromatic N) is 2. The van der Waals surface area contributed by atoms with E-state index in [0.29, 0.717) is 13.0 Å². The van der Waals surface area contributed by atoms with Gasteiger partial charge in [-0.2, -0.15) is 0 Å². The maximum atomic E-state index is 12.0. The fourth-order valence-electron chi connectivity index (χ4n) is 2.13. The molecule has 0 bridgehead atoms. The molecule has 0 spiro atoms. The molecule has 4 nitrogen and oxygen atoms in total. The predicted molar refractivity (Wildman–Crippen MR) is 66.5 cm³/mol. The van der Waals surface area contributed by atoms with Gasteiger partial charge in [0.1, 0.15) is 0 Å². The van der Waals surface area contributed by atoms with Gasteiger partial charge in [0.2, 0.25) is 5.91 Å². The van der Waals surface area contributed by atoms with E-state index in [1.807, 2.05) is 24.0 Å². The Labute approximate surface area is 102 Å². The van der Waals surface area contributed by atoms with Crippen LogP contribution in [0.3, 0.4) is 0 Å². The molecule has 1 aromatic rings. The molecule has 0 aliphatic carbocycles. The molecular weight excluding hydrogens is 214 g/mol. The molecule has 1 fully saturated rings. The van der Waals surface area contributed by atoms with Crippen molar-refractivity contribution in [2.45, 2.75) is 32.2 Å². The van der Waals surface area contributed by atoms with Crippen molar-refractivity contribution >= 4 is 5.91 Å². The fraction of sp³-hybridized carbons (Fsp3) is 0.538. The van der Waals surface area contributed by atoms with Crippen molar-refractivity contribution in [3.63, 3.8) is 0 Å². The molecule has 2 heterocycles. The molecule has 1 aromatic heterocycles. The van der Waals surface area contributed by atoms with E-state index in [4.69, 9.17) is 5.73 Å². The number of hydrogen-bond donors (Lipinski definition) is 1. The van der Waals surface area contributed by atoms with Gasteiger partial charge >= 0.3 is 0 Å². The molecule has 1 aliphatic heterocycles. The molecule has 1 saturated heterocycles. The number of likely N-dealkylation sites (tertiary alicyclic amines) is 1. The van der Waals surface area contributed by atoms with E-state index in [9.17, 15) is 4.79 Å². The highest BCUT2D eigenvalue weighted by molar-refractivity contribution is 5.78. The molecule has 0 saturated carbocycles. The van der Waals surface area contributed by atoms with Crippen LogP contribution in [-0.4, -0.2) is 34.9 Å². The van der Waals surface area contributed by atoms with Gasteiger partial charge in [-0.25, -0.2) is 0 Å². The molecule has 17 heavy (non-hydrogen) atoms. The normalized spacial score (nSPS) is 20.4. The second-order valence-corrected chi connectivity index (χ2v) is 4.73. The van der Waals surface area contributed by atoms with Crippen molar-refractivity contribution in [1.29, 1.82) is 0 Å². The van der Waals surface area contributed by atoms with E-state index in [2.05, 4.69) is 4.98 Å². The van der Waals surface area contributed by atoms with Crippen LogP contribution in [0, 0.1) is 6.92 Å². The maximum Gasteiger partial charge on any atom is 0.227 e. The molecule has 2 N–H and O–H groups in total. The Kier molecular flexibility index (Phi) is 3.74. The van der Waals surface area contributed by atoms with Gasteiger partial charge in [0.25, 0.3) is 0 Å². The summed E-state index contributed by atoms with van der Waals surface area (Å²) in [5.74, 6) is 0.158. The number of hydrogen-bond acceptors (Lipinski definition) is 3. The van der Waals surface area contributed by atoms with Gasteiger partial charge in [0.05, 0.1) is 6.42 Å². The summed E-state index contributed by atoms with van der Waals surface area (Å²) in [5.41, 5.74) is 7.82. The predicted octanol–water partition coefficient (Wildman–Crippen LogP) is 0.882. The van der Waals surface area contributed by atoms with Crippen LogP contribution in [0.2, 0.25) is 0 Å². The van der Waals surface area contributed by atoms with E-state index in [-0.39, 0.29) is 11.9 Å². The van der Waals surface area contributed by atoms with Crippen molar-refractivity contribution in [1.82, 2.24) is 9.88 Å². The lowest BCUT2D eigenvalue weighted by Crippen LogP contribution is -2.46. The summed E-state index contributed by atoms with van der Waals surface area (Å²) in [6, 6.07) is 4.04. The smallest absolute Gasteiger partial charge is 0.227 e. The number of piperidine rings is 1. The second-order valence-electron chi connectivity index (χ2n) is 4.73. The van der Waals surface area contributed by atoms with Crippen LogP contribution in [-0.2, 0) is 11.2 Å². The number of amides is 1. The van der Waals surface area contributed by atoms with E-state index >= 15 is 0 Å². The minimum Gasteiger partial charge on any atom is -0.341 e. The van der Waals surface area contributed by atoms with Crippen LogP contribution in [0.5, 0.6) is 0 Å². The van der Waals surface area contributed by atoms with Crippen molar-refractivity contribution < 1.29 is 4.79 Å². The molecule has 0 unspecified atom stereocenters. The minimum atomic E-state index is 0.142. The third-order valence-corrected chi connectivity index (χ3v) is 3.14. The zero-order valence-electron chi connectivity index (χ0n) is 10.2. The Hall–Kier alpha value is -1.42. The van der Waals surface area contributed by atoms with Crippen LogP contribution in [0.4, 0.5) is 0 Å². The highest BCUT2D eigenvalue weighted by Crippen LogP contribution is 2.10. The zero-order valence-corrected chi connectivity index (χ0v) is 10.2. The lowest BCUT2D eigenvalue weighted by Gasteiger charge is -2.30. The first-order valence-electron chi connectivity index (χ1n) is 6.10. The summed E-state index contributed by atoms with van der Waals surface area (Å²) in [6.07, 6.45) is 4.24. The number of carbonyl (C=O) groups excluding carboxylic acids is 1.